The summed E-state index contributed by atoms with van der Waals surface area (Å²) < 4.78 is 0. The summed E-state index contributed by atoms with van der Waals surface area (Å²) >= 11 is 0. The van der Waals surface area contributed by atoms with E-state index < -0.39 is 0 Å². The highest BCUT2D eigenvalue weighted by atomic mass is 15.1. The van der Waals surface area contributed by atoms with E-state index in [4.69, 9.17) is 0 Å². The third kappa shape index (κ3) is 7.71. The van der Waals surface area contributed by atoms with Crippen LogP contribution < -0.4 is 10.6 Å². The van der Waals surface area contributed by atoms with Gasteiger partial charge in [0.05, 0.1) is 0 Å². The highest BCUT2D eigenvalue weighted by Crippen LogP contribution is 1.95. The fraction of sp³-hybridized carbons (Fsp3) is 1.00. The summed E-state index contributed by atoms with van der Waals surface area (Å²) in [6, 6.07) is 0.627. The van der Waals surface area contributed by atoms with Crippen molar-refractivity contribution in [2.75, 3.05) is 59.9 Å². The molecule has 2 N–H and O–H groups in total. The predicted molar refractivity (Wildman–Crippen MR) is 74.6 cm³/mol. The lowest BCUT2D eigenvalue weighted by molar-refractivity contribution is 0.284. The van der Waals surface area contributed by atoms with E-state index in [2.05, 4.69) is 41.5 Å². The summed E-state index contributed by atoms with van der Waals surface area (Å²) in [6.07, 6.45) is 2.48. The first-order valence-electron chi connectivity index (χ1n) is 6.99. The summed E-state index contributed by atoms with van der Waals surface area (Å²) in [5.74, 6) is 0. The molecule has 0 aromatic rings. The lowest BCUT2D eigenvalue weighted by Gasteiger charge is -2.23. The van der Waals surface area contributed by atoms with E-state index in [-0.39, 0.29) is 0 Å². The summed E-state index contributed by atoms with van der Waals surface area (Å²) in [5, 5.41) is 7.12. The number of hydrogen-bond donors (Lipinski definition) is 2. The van der Waals surface area contributed by atoms with Gasteiger partial charge in [-0.15, -0.1) is 0 Å². The van der Waals surface area contributed by atoms with Gasteiger partial charge in [-0.05, 0) is 53.5 Å². The van der Waals surface area contributed by atoms with E-state index in [0.717, 1.165) is 32.7 Å². The second-order valence-corrected chi connectivity index (χ2v) is 5.35. The Hall–Kier alpha value is -0.160. The first-order valence-corrected chi connectivity index (χ1v) is 6.99. The lowest BCUT2D eigenvalue weighted by Crippen LogP contribution is -2.39. The zero-order valence-corrected chi connectivity index (χ0v) is 11.8. The van der Waals surface area contributed by atoms with Crippen LogP contribution in [0, 0.1) is 0 Å². The summed E-state index contributed by atoms with van der Waals surface area (Å²) in [7, 11) is 4.43. The molecule has 4 heteroatoms. The molecule has 0 saturated carbocycles. The van der Waals surface area contributed by atoms with Gasteiger partial charge in [0.2, 0.25) is 0 Å². The van der Waals surface area contributed by atoms with E-state index in [1.165, 1.54) is 25.9 Å². The van der Waals surface area contributed by atoms with Crippen molar-refractivity contribution in [3.05, 3.63) is 0 Å². The standard InChI is InChI=1S/C13H30N4/c1-13-5-10-17(3)11-7-14-6-4-9-16(2)12-8-15-13/h13-15H,4-12H2,1-3H3. The highest BCUT2D eigenvalue weighted by Gasteiger charge is 2.06. The Morgan fingerprint density at radius 2 is 1.59 bits per heavy atom. The van der Waals surface area contributed by atoms with Gasteiger partial charge in [-0.1, -0.05) is 0 Å². The van der Waals surface area contributed by atoms with Crippen molar-refractivity contribution in [2.45, 2.75) is 25.8 Å². The van der Waals surface area contributed by atoms with Crippen LogP contribution in [0.3, 0.4) is 0 Å². The monoisotopic (exact) mass is 242 g/mol. The minimum absolute atomic E-state index is 0.627. The molecule has 1 fully saturated rings. The summed E-state index contributed by atoms with van der Waals surface area (Å²) in [4.78, 5) is 4.84. The van der Waals surface area contributed by atoms with E-state index in [1.54, 1.807) is 0 Å². The molecule has 0 aromatic carbocycles. The second kappa shape index (κ2) is 8.86. The van der Waals surface area contributed by atoms with Crippen LogP contribution in [0.1, 0.15) is 19.8 Å². The van der Waals surface area contributed by atoms with Crippen LogP contribution in [0.25, 0.3) is 0 Å². The van der Waals surface area contributed by atoms with Gasteiger partial charge >= 0.3 is 0 Å². The molecular formula is C13H30N4. The van der Waals surface area contributed by atoms with Crippen molar-refractivity contribution in [3.63, 3.8) is 0 Å². The van der Waals surface area contributed by atoms with Gasteiger partial charge in [-0.2, -0.15) is 0 Å². The number of nitrogens with one attached hydrogen (secondary N) is 2. The van der Waals surface area contributed by atoms with E-state index in [0.29, 0.717) is 6.04 Å². The molecule has 17 heavy (non-hydrogen) atoms. The fourth-order valence-electron chi connectivity index (χ4n) is 2.11. The van der Waals surface area contributed by atoms with Gasteiger partial charge in [0.25, 0.3) is 0 Å². The Labute approximate surface area is 107 Å². The minimum atomic E-state index is 0.627. The Balaban J connectivity index is 2.28. The summed E-state index contributed by atoms with van der Waals surface area (Å²) in [5.41, 5.74) is 0. The van der Waals surface area contributed by atoms with Gasteiger partial charge in [-0.25, -0.2) is 0 Å². The molecule has 0 spiro atoms. The van der Waals surface area contributed by atoms with Crippen LogP contribution in [0.4, 0.5) is 0 Å². The normalized spacial score (nSPS) is 28.8. The molecule has 4 nitrogen and oxygen atoms in total. The first-order chi connectivity index (χ1) is 8.18. The Morgan fingerprint density at radius 3 is 2.41 bits per heavy atom. The molecule has 0 bridgehead atoms. The molecule has 1 aliphatic rings. The lowest BCUT2D eigenvalue weighted by atomic mass is 10.2. The molecule has 1 rings (SSSR count). The smallest absolute Gasteiger partial charge is 0.0104 e. The fourth-order valence-corrected chi connectivity index (χ4v) is 2.11. The van der Waals surface area contributed by atoms with Crippen LogP contribution in [-0.4, -0.2) is 75.8 Å². The maximum absolute atomic E-state index is 3.60. The SMILES string of the molecule is CC1CCN(C)CCNCCCN(C)CCN1. The van der Waals surface area contributed by atoms with Crippen molar-refractivity contribution >= 4 is 0 Å². The molecule has 1 saturated heterocycles. The molecule has 0 radical (unpaired) electrons. The average molecular weight is 242 g/mol. The largest absolute Gasteiger partial charge is 0.315 e. The van der Waals surface area contributed by atoms with Crippen LogP contribution in [-0.2, 0) is 0 Å². The molecule has 0 amide bonds. The van der Waals surface area contributed by atoms with Crippen molar-refractivity contribution < 1.29 is 0 Å². The van der Waals surface area contributed by atoms with Crippen LogP contribution >= 0.6 is 0 Å². The van der Waals surface area contributed by atoms with E-state index in [1.807, 2.05) is 0 Å². The van der Waals surface area contributed by atoms with Gasteiger partial charge in [0.15, 0.2) is 0 Å². The average Bonchev–Trinajstić information content (AvgIpc) is 2.30. The van der Waals surface area contributed by atoms with E-state index in [9.17, 15) is 0 Å². The highest BCUT2D eigenvalue weighted by molar-refractivity contribution is 4.66. The van der Waals surface area contributed by atoms with Gasteiger partial charge in [-0.3, -0.25) is 0 Å². The Morgan fingerprint density at radius 1 is 0.882 bits per heavy atom. The van der Waals surface area contributed by atoms with Gasteiger partial charge < -0.3 is 20.4 Å². The predicted octanol–water partition coefficient (Wildman–Crippen LogP) is 0.212. The third-order valence-electron chi connectivity index (χ3n) is 3.49. The number of hydrogen-bond acceptors (Lipinski definition) is 4. The van der Waals surface area contributed by atoms with Crippen molar-refractivity contribution in [3.8, 4) is 0 Å². The molecule has 102 valence electrons. The van der Waals surface area contributed by atoms with Crippen molar-refractivity contribution in [2.24, 2.45) is 0 Å². The van der Waals surface area contributed by atoms with E-state index >= 15 is 0 Å². The third-order valence-corrected chi connectivity index (χ3v) is 3.49. The molecule has 1 atom stereocenters. The maximum atomic E-state index is 3.60. The van der Waals surface area contributed by atoms with Crippen LogP contribution in [0.15, 0.2) is 0 Å². The maximum Gasteiger partial charge on any atom is 0.0104 e. The molecule has 0 aliphatic carbocycles. The number of likely N-dealkylation sites (N-methyl/N-ethyl adjacent to an activating group) is 2. The van der Waals surface area contributed by atoms with Crippen molar-refractivity contribution in [1.29, 1.82) is 0 Å². The zero-order chi connectivity index (χ0) is 12.5. The number of nitrogens with zero attached hydrogens (tertiary/aromatic N) is 2. The molecule has 0 aromatic heterocycles. The molecule has 1 aliphatic heterocycles. The van der Waals surface area contributed by atoms with Gasteiger partial charge in [0.1, 0.15) is 0 Å². The quantitative estimate of drug-likeness (QED) is 0.636. The van der Waals surface area contributed by atoms with Crippen molar-refractivity contribution in [1.82, 2.24) is 20.4 Å². The molecule has 1 unspecified atom stereocenters. The Bertz CT molecular complexity index is 186. The summed E-state index contributed by atoms with van der Waals surface area (Å²) in [6.45, 7) is 10.3. The first kappa shape index (κ1) is 14.9. The Kier molecular flexibility index (Phi) is 7.77. The molecular weight excluding hydrogens is 212 g/mol. The molecule has 1 heterocycles. The second-order valence-electron chi connectivity index (χ2n) is 5.35. The minimum Gasteiger partial charge on any atom is -0.315 e. The number of rotatable bonds is 0. The van der Waals surface area contributed by atoms with Crippen LogP contribution in [0.2, 0.25) is 0 Å². The zero-order valence-electron chi connectivity index (χ0n) is 11.8. The topological polar surface area (TPSA) is 30.5 Å². The van der Waals surface area contributed by atoms with Crippen LogP contribution in [0.5, 0.6) is 0 Å². The van der Waals surface area contributed by atoms with Gasteiger partial charge in [0, 0.05) is 32.2 Å².